The number of nitrogens with one attached hydrogen (secondary N) is 1. The zero-order valence-electron chi connectivity index (χ0n) is 12.1. The van der Waals surface area contributed by atoms with Crippen LogP contribution in [0.2, 0.25) is 0 Å². The number of methoxy groups -OCH3 is 1. The van der Waals surface area contributed by atoms with Crippen LogP contribution in [0.5, 0.6) is 0 Å². The molecule has 0 aromatic rings. The highest BCUT2D eigenvalue weighted by atomic mass is 16.5. The highest BCUT2D eigenvalue weighted by Gasteiger charge is 2.23. The summed E-state index contributed by atoms with van der Waals surface area (Å²) in [5, 5.41) is 11.3. The molecule has 0 saturated carbocycles. The molecule has 7 heteroatoms. The van der Waals surface area contributed by atoms with Gasteiger partial charge in [0.25, 0.3) is 0 Å². The lowest BCUT2D eigenvalue weighted by molar-refractivity contribution is -0.148. The molecule has 2 atom stereocenters. The molecule has 0 spiro atoms. The number of carbonyl (C=O) groups excluding carboxylic acids is 2. The van der Waals surface area contributed by atoms with Crippen molar-refractivity contribution in [2.75, 3.05) is 13.7 Å². The molecule has 0 aliphatic heterocycles. The fraction of sp³-hybridized carbons (Fsp3) is 0.769. The summed E-state index contributed by atoms with van der Waals surface area (Å²) in [5.41, 5.74) is 5.47. The van der Waals surface area contributed by atoms with E-state index in [1.807, 2.05) is 6.92 Å². The predicted octanol–water partition coefficient (Wildman–Crippen LogP) is 0.274. The molecule has 0 heterocycles. The Hall–Kier alpha value is -1.63. The summed E-state index contributed by atoms with van der Waals surface area (Å²) in [5.74, 6) is -1.95. The number of ether oxygens (including phenoxy) is 1. The topological polar surface area (TPSA) is 119 Å². The second-order valence-electron chi connectivity index (χ2n) is 4.63. The first-order valence-corrected chi connectivity index (χ1v) is 6.73. The van der Waals surface area contributed by atoms with Crippen LogP contribution in [0.3, 0.4) is 0 Å². The first-order valence-electron chi connectivity index (χ1n) is 6.73. The average molecular weight is 288 g/mol. The van der Waals surface area contributed by atoms with Crippen molar-refractivity contribution in [3.05, 3.63) is 0 Å². The van der Waals surface area contributed by atoms with Crippen molar-refractivity contribution in [2.45, 2.75) is 45.1 Å². The molecule has 1 amide bonds. The molecule has 7 nitrogen and oxygen atoms in total. The lowest BCUT2D eigenvalue weighted by Crippen LogP contribution is -2.42. The van der Waals surface area contributed by atoms with Gasteiger partial charge in [-0.3, -0.25) is 9.59 Å². The summed E-state index contributed by atoms with van der Waals surface area (Å²) in [6.07, 6.45) is 2.27. The number of hydrogen-bond donors (Lipinski definition) is 3. The number of esters is 1. The van der Waals surface area contributed by atoms with Gasteiger partial charge in [-0.15, -0.1) is 0 Å². The number of carboxylic acids is 1. The van der Waals surface area contributed by atoms with E-state index >= 15 is 0 Å². The second kappa shape index (κ2) is 10.2. The lowest BCUT2D eigenvalue weighted by atomic mass is 9.96. The van der Waals surface area contributed by atoms with Crippen molar-refractivity contribution in [3.63, 3.8) is 0 Å². The summed E-state index contributed by atoms with van der Waals surface area (Å²) in [4.78, 5) is 33.7. The Morgan fingerprint density at radius 2 is 1.95 bits per heavy atom. The first kappa shape index (κ1) is 18.4. The van der Waals surface area contributed by atoms with Crippen LogP contribution in [-0.2, 0) is 19.1 Å². The molecule has 0 rings (SSSR count). The monoisotopic (exact) mass is 288 g/mol. The minimum Gasteiger partial charge on any atom is -0.480 e. The Morgan fingerprint density at radius 3 is 2.40 bits per heavy atom. The van der Waals surface area contributed by atoms with Gasteiger partial charge in [0, 0.05) is 6.42 Å². The zero-order chi connectivity index (χ0) is 15.5. The molecule has 0 aliphatic carbocycles. The van der Waals surface area contributed by atoms with Crippen molar-refractivity contribution < 1.29 is 24.2 Å². The van der Waals surface area contributed by atoms with Crippen molar-refractivity contribution in [1.29, 1.82) is 0 Å². The number of aliphatic carboxylic acids is 1. The van der Waals surface area contributed by atoms with E-state index in [0.29, 0.717) is 18.9 Å². The van der Waals surface area contributed by atoms with Crippen molar-refractivity contribution in [1.82, 2.24) is 5.32 Å². The number of hydrogen-bond acceptors (Lipinski definition) is 5. The molecule has 0 aromatic heterocycles. The van der Waals surface area contributed by atoms with E-state index < -0.39 is 18.0 Å². The van der Waals surface area contributed by atoms with Gasteiger partial charge in [0.05, 0.1) is 13.5 Å². The molecule has 20 heavy (non-hydrogen) atoms. The second-order valence-corrected chi connectivity index (χ2v) is 4.63. The van der Waals surface area contributed by atoms with E-state index in [1.54, 1.807) is 0 Å². The summed E-state index contributed by atoms with van der Waals surface area (Å²) in [7, 11) is 1.17. The summed E-state index contributed by atoms with van der Waals surface area (Å²) < 4.78 is 4.39. The van der Waals surface area contributed by atoms with Crippen LogP contribution in [-0.4, -0.2) is 42.6 Å². The molecule has 0 saturated heterocycles. The Labute approximate surface area is 118 Å². The van der Waals surface area contributed by atoms with Crippen LogP contribution >= 0.6 is 0 Å². The number of nitrogens with two attached hydrogens (primary N) is 1. The standard InChI is InChI=1S/C13H24N2O5/c1-3-9(6-7-14)4-5-11(16)15-10(13(18)19)8-12(17)20-2/h9-10H,3-8,14H2,1-2H3,(H,15,16)(H,18,19)/t9?,10-/m0/s1. The molecule has 0 aliphatic rings. The van der Waals surface area contributed by atoms with Crippen LogP contribution in [0.15, 0.2) is 0 Å². The Kier molecular flexibility index (Phi) is 9.36. The predicted molar refractivity (Wildman–Crippen MR) is 72.9 cm³/mol. The fourth-order valence-electron chi connectivity index (χ4n) is 1.84. The molecule has 0 bridgehead atoms. The van der Waals surface area contributed by atoms with E-state index in [9.17, 15) is 14.4 Å². The van der Waals surface area contributed by atoms with E-state index in [-0.39, 0.29) is 18.7 Å². The maximum Gasteiger partial charge on any atom is 0.326 e. The lowest BCUT2D eigenvalue weighted by Gasteiger charge is -2.16. The normalized spacial score (nSPS) is 13.3. The molecule has 0 aromatic carbocycles. The summed E-state index contributed by atoms with van der Waals surface area (Å²) in [6.45, 7) is 2.59. The minimum atomic E-state index is -1.25. The van der Waals surface area contributed by atoms with Gasteiger partial charge in [0.2, 0.25) is 5.91 Å². The smallest absolute Gasteiger partial charge is 0.326 e. The van der Waals surface area contributed by atoms with E-state index in [0.717, 1.165) is 12.8 Å². The molecular formula is C13H24N2O5. The van der Waals surface area contributed by atoms with Gasteiger partial charge in [0.15, 0.2) is 0 Å². The molecule has 4 N–H and O–H groups in total. The van der Waals surface area contributed by atoms with Crippen LogP contribution < -0.4 is 11.1 Å². The SMILES string of the molecule is CCC(CCN)CCC(=O)N[C@@H](CC(=O)OC)C(=O)O. The molecular weight excluding hydrogens is 264 g/mol. The van der Waals surface area contributed by atoms with Crippen LogP contribution in [0, 0.1) is 5.92 Å². The number of rotatable bonds is 10. The third-order valence-electron chi connectivity index (χ3n) is 3.16. The number of carbonyl (C=O) groups is 3. The Balaban J connectivity index is 4.25. The van der Waals surface area contributed by atoms with Gasteiger partial charge in [-0.1, -0.05) is 13.3 Å². The van der Waals surface area contributed by atoms with Gasteiger partial charge in [-0.25, -0.2) is 4.79 Å². The Morgan fingerprint density at radius 1 is 1.30 bits per heavy atom. The third-order valence-corrected chi connectivity index (χ3v) is 3.16. The van der Waals surface area contributed by atoms with E-state index in [1.165, 1.54) is 7.11 Å². The van der Waals surface area contributed by atoms with Gasteiger partial charge in [-0.2, -0.15) is 0 Å². The number of carboxylic acid groups (broad SMARTS) is 1. The van der Waals surface area contributed by atoms with E-state index in [4.69, 9.17) is 10.8 Å². The highest BCUT2D eigenvalue weighted by molar-refractivity contribution is 5.87. The molecule has 116 valence electrons. The maximum atomic E-state index is 11.7. The van der Waals surface area contributed by atoms with Crippen LogP contribution in [0.1, 0.15) is 39.0 Å². The quantitative estimate of drug-likeness (QED) is 0.497. The van der Waals surface area contributed by atoms with Gasteiger partial charge in [-0.05, 0) is 25.3 Å². The Bertz CT molecular complexity index is 333. The van der Waals surface area contributed by atoms with Crippen molar-refractivity contribution in [2.24, 2.45) is 11.7 Å². The van der Waals surface area contributed by atoms with Crippen LogP contribution in [0.25, 0.3) is 0 Å². The zero-order valence-corrected chi connectivity index (χ0v) is 12.1. The maximum absolute atomic E-state index is 11.7. The first-order chi connectivity index (χ1) is 9.44. The molecule has 0 fully saturated rings. The highest BCUT2D eigenvalue weighted by Crippen LogP contribution is 2.14. The summed E-state index contributed by atoms with van der Waals surface area (Å²) in [6, 6.07) is -1.25. The van der Waals surface area contributed by atoms with Crippen LogP contribution in [0.4, 0.5) is 0 Å². The molecule has 0 radical (unpaired) electrons. The van der Waals surface area contributed by atoms with Gasteiger partial charge >= 0.3 is 11.9 Å². The van der Waals surface area contributed by atoms with Gasteiger partial charge < -0.3 is 20.9 Å². The van der Waals surface area contributed by atoms with Crippen molar-refractivity contribution in [3.8, 4) is 0 Å². The largest absolute Gasteiger partial charge is 0.480 e. The third kappa shape index (κ3) is 7.73. The number of amides is 1. The van der Waals surface area contributed by atoms with E-state index in [2.05, 4.69) is 10.1 Å². The molecule has 1 unspecified atom stereocenters. The van der Waals surface area contributed by atoms with Gasteiger partial charge in [0.1, 0.15) is 6.04 Å². The fourth-order valence-corrected chi connectivity index (χ4v) is 1.84. The van der Waals surface area contributed by atoms with Crippen molar-refractivity contribution >= 4 is 17.8 Å². The minimum absolute atomic E-state index is 0.226. The average Bonchev–Trinajstić information content (AvgIpc) is 2.42. The summed E-state index contributed by atoms with van der Waals surface area (Å²) >= 11 is 0.